The second kappa shape index (κ2) is 7.37. The summed E-state index contributed by atoms with van der Waals surface area (Å²) in [7, 11) is 0. The molecule has 2 rings (SSSR count). The predicted molar refractivity (Wildman–Crippen MR) is 85.2 cm³/mol. The smallest absolute Gasteiger partial charge is 0.0892 e. The van der Waals surface area contributed by atoms with Crippen LogP contribution in [0, 0.1) is 5.92 Å². The van der Waals surface area contributed by atoms with E-state index in [0.717, 1.165) is 25.1 Å². The van der Waals surface area contributed by atoms with Gasteiger partial charge in [0.2, 0.25) is 0 Å². The molecule has 0 bridgehead atoms. The van der Waals surface area contributed by atoms with Gasteiger partial charge < -0.3 is 9.47 Å². The lowest BCUT2D eigenvalue weighted by Crippen LogP contribution is -2.07. The van der Waals surface area contributed by atoms with Crippen molar-refractivity contribution in [3.8, 4) is 0 Å². The van der Waals surface area contributed by atoms with Crippen molar-refractivity contribution in [1.82, 2.24) is 4.98 Å². The molecule has 0 aromatic carbocycles. The maximum atomic E-state index is 5.73. The predicted octanol–water partition coefficient (Wildman–Crippen LogP) is 4.14. The number of pyridine rings is 1. The summed E-state index contributed by atoms with van der Waals surface area (Å²) >= 11 is 0. The number of epoxide rings is 1. The molecule has 1 aromatic rings. The zero-order valence-electron chi connectivity index (χ0n) is 13.9. The first-order valence-corrected chi connectivity index (χ1v) is 8.20. The Kier molecular flexibility index (Phi) is 5.77. The Morgan fingerprint density at radius 2 is 2.10 bits per heavy atom. The molecule has 3 nitrogen and oxygen atoms in total. The lowest BCUT2D eigenvalue weighted by atomic mass is 9.98. The summed E-state index contributed by atoms with van der Waals surface area (Å²) in [5.41, 5.74) is 2.43. The molecule has 1 fully saturated rings. The molecule has 118 valence electrons. The van der Waals surface area contributed by atoms with Crippen LogP contribution in [0.25, 0.3) is 0 Å². The molecule has 1 aliphatic heterocycles. The Morgan fingerprint density at radius 1 is 1.33 bits per heavy atom. The van der Waals surface area contributed by atoms with Crippen LogP contribution in [0.5, 0.6) is 0 Å². The van der Waals surface area contributed by atoms with Gasteiger partial charge >= 0.3 is 0 Å². The van der Waals surface area contributed by atoms with Crippen LogP contribution in [0.1, 0.15) is 58.2 Å². The van der Waals surface area contributed by atoms with Gasteiger partial charge in [-0.15, -0.1) is 0 Å². The number of hydrogen-bond donors (Lipinski definition) is 0. The van der Waals surface area contributed by atoms with Gasteiger partial charge in [0.05, 0.1) is 24.0 Å². The van der Waals surface area contributed by atoms with E-state index < -0.39 is 0 Å². The van der Waals surface area contributed by atoms with E-state index in [0.29, 0.717) is 18.6 Å². The van der Waals surface area contributed by atoms with Crippen molar-refractivity contribution in [3.05, 3.63) is 29.6 Å². The van der Waals surface area contributed by atoms with Gasteiger partial charge in [0, 0.05) is 12.8 Å². The number of ether oxygens (including phenoxy) is 2. The average molecular weight is 291 g/mol. The Morgan fingerprint density at radius 3 is 2.67 bits per heavy atom. The van der Waals surface area contributed by atoms with E-state index in [2.05, 4.69) is 44.8 Å². The lowest BCUT2D eigenvalue weighted by Gasteiger charge is -2.11. The highest BCUT2D eigenvalue weighted by atomic mass is 16.6. The summed E-state index contributed by atoms with van der Waals surface area (Å²) in [6.45, 7) is 10.2. The average Bonchev–Trinajstić information content (AvgIpc) is 3.09. The third kappa shape index (κ3) is 5.40. The highest BCUT2D eigenvalue weighted by molar-refractivity contribution is 5.13. The van der Waals surface area contributed by atoms with Gasteiger partial charge in [-0.1, -0.05) is 19.9 Å². The molecule has 1 saturated heterocycles. The fraction of sp³-hybridized carbons (Fsp3) is 0.722. The quantitative estimate of drug-likeness (QED) is 0.506. The van der Waals surface area contributed by atoms with Crippen molar-refractivity contribution in [3.63, 3.8) is 0 Å². The van der Waals surface area contributed by atoms with Gasteiger partial charge in [0.15, 0.2) is 0 Å². The van der Waals surface area contributed by atoms with Gasteiger partial charge in [-0.05, 0) is 57.1 Å². The third-order valence-corrected chi connectivity index (χ3v) is 4.38. The lowest BCUT2D eigenvalue weighted by molar-refractivity contribution is 0.105. The fourth-order valence-electron chi connectivity index (χ4n) is 2.53. The van der Waals surface area contributed by atoms with Crippen LogP contribution in [-0.4, -0.2) is 23.3 Å². The Hall–Kier alpha value is -0.930. The minimum Gasteiger partial charge on any atom is -0.375 e. The molecule has 1 aromatic heterocycles. The summed E-state index contributed by atoms with van der Waals surface area (Å²) in [5, 5.41) is 0. The molecule has 0 N–H and O–H groups in total. The van der Waals surface area contributed by atoms with Crippen molar-refractivity contribution >= 4 is 0 Å². The molecule has 2 unspecified atom stereocenters. The Labute approximate surface area is 129 Å². The van der Waals surface area contributed by atoms with E-state index in [1.165, 1.54) is 18.4 Å². The SMILES string of the molecule is CCc1ccc(COCCC(C)CCC2OC2(C)C)nc1. The Balaban J connectivity index is 1.54. The first-order valence-electron chi connectivity index (χ1n) is 8.20. The van der Waals surface area contributed by atoms with Gasteiger partial charge in [-0.3, -0.25) is 4.98 Å². The first kappa shape index (κ1) is 16.4. The molecule has 0 radical (unpaired) electrons. The van der Waals surface area contributed by atoms with Crippen LogP contribution in [0.15, 0.2) is 18.3 Å². The normalized spacial score (nSPS) is 21.2. The van der Waals surface area contributed by atoms with Crippen molar-refractivity contribution in [2.24, 2.45) is 5.92 Å². The number of hydrogen-bond acceptors (Lipinski definition) is 3. The van der Waals surface area contributed by atoms with Crippen LogP contribution in [0.2, 0.25) is 0 Å². The molecular weight excluding hydrogens is 262 g/mol. The van der Waals surface area contributed by atoms with Crippen LogP contribution in [0.3, 0.4) is 0 Å². The second-order valence-corrected chi connectivity index (χ2v) is 6.75. The summed E-state index contributed by atoms with van der Waals surface area (Å²) in [6.07, 6.45) is 6.96. The third-order valence-electron chi connectivity index (χ3n) is 4.38. The number of rotatable bonds is 9. The van der Waals surface area contributed by atoms with Crippen LogP contribution in [-0.2, 0) is 22.5 Å². The zero-order valence-corrected chi connectivity index (χ0v) is 13.9. The van der Waals surface area contributed by atoms with Crippen molar-refractivity contribution in [2.75, 3.05) is 6.61 Å². The van der Waals surface area contributed by atoms with E-state index >= 15 is 0 Å². The van der Waals surface area contributed by atoms with Crippen LogP contribution >= 0.6 is 0 Å². The van der Waals surface area contributed by atoms with Gasteiger partial charge in [0.1, 0.15) is 0 Å². The van der Waals surface area contributed by atoms with E-state index in [1.54, 1.807) is 0 Å². The Bertz CT molecular complexity index is 427. The molecule has 3 heteroatoms. The molecule has 1 aliphatic rings. The second-order valence-electron chi connectivity index (χ2n) is 6.75. The molecule has 2 heterocycles. The number of nitrogens with zero attached hydrogens (tertiary/aromatic N) is 1. The zero-order chi connectivity index (χ0) is 15.3. The van der Waals surface area contributed by atoms with E-state index in [9.17, 15) is 0 Å². The highest BCUT2D eigenvalue weighted by Crippen LogP contribution is 2.39. The number of aromatic nitrogens is 1. The fourth-order valence-corrected chi connectivity index (χ4v) is 2.53. The summed E-state index contributed by atoms with van der Waals surface area (Å²) in [6, 6.07) is 4.19. The van der Waals surface area contributed by atoms with Crippen LogP contribution in [0.4, 0.5) is 0 Å². The van der Waals surface area contributed by atoms with E-state index in [4.69, 9.17) is 9.47 Å². The van der Waals surface area contributed by atoms with Crippen molar-refractivity contribution in [2.45, 2.75) is 71.7 Å². The molecular formula is C18H29NO2. The van der Waals surface area contributed by atoms with Gasteiger partial charge in [-0.2, -0.15) is 0 Å². The van der Waals surface area contributed by atoms with Gasteiger partial charge in [-0.25, -0.2) is 0 Å². The molecule has 0 amide bonds. The van der Waals surface area contributed by atoms with Crippen molar-refractivity contribution in [1.29, 1.82) is 0 Å². The monoisotopic (exact) mass is 291 g/mol. The first-order chi connectivity index (χ1) is 10.0. The molecule has 0 saturated carbocycles. The van der Waals surface area contributed by atoms with E-state index in [-0.39, 0.29) is 5.60 Å². The summed E-state index contributed by atoms with van der Waals surface area (Å²) in [4.78, 5) is 4.41. The van der Waals surface area contributed by atoms with Gasteiger partial charge in [0.25, 0.3) is 0 Å². The molecule has 0 aliphatic carbocycles. The standard InChI is InChI=1S/C18H29NO2/c1-5-15-7-8-16(19-12-15)13-20-11-10-14(2)6-9-17-18(3,4)21-17/h7-8,12,14,17H,5-6,9-11,13H2,1-4H3. The topological polar surface area (TPSA) is 34.6 Å². The molecule has 0 spiro atoms. The van der Waals surface area contributed by atoms with Crippen LogP contribution < -0.4 is 0 Å². The number of aryl methyl sites for hydroxylation is 1. The largest absolute Gasteiger partial charge is 0.375 e. The maximum absolute atomic E-state index is 5.73. The molecule has 21 heavy (non-hydrogen) atoms. The maximum Gasteiger partial charge on any atom is 0.0892 e. The highest BCUT2D eigenvalue weighted by Gasteiger charge is 2.46. The van der Waals surface area contributed by atoms with Crippen molar-refractivity contribution < 1.29 is 9.47 Å². The minimum atomic E-state index is 0.131. The summed E-state index contributed by atoms with van der Waals surface area (Å²) < 4.78 is 11.4. The minimum absolute atomic E-state index is 0.131. The summed E-state index contributed by atoms with van der Waals surface area (Å²) in [5.74, 6) is 0.695. The van der Waals surface area contributed by atoms with E-state index in [1.807, 2.05) is 6.20 Å². The molecule has 2 atom stereocenters.